The topological polar surface area (TPSA) is 97.1 Å². The summed E-state index contributed by atoms with van der Waals surface area (Å²) in [5.74, 6) is 1.36. The largest absolute Gasteiger partial charge is 0.376 e. The van der Waals surface area contributed by atoms with E-state index in [1.54, 1.807) is 25.8 Å². The number of amides is 1. The Labute approximate surface area is 127 Å². The van der Waals surface area contributed by atoms with Gasteiger partial charge in [0.1, 0.15) is 23.5 Å². The molecule has 0 aromatic carbocycles. The highest BCUT2D eigenvalue weighted by atomic mass is 16.5. The summed E-state index contributed by atoms with van der Waals surface area (Å²) in [5.41, 5.74) is 1.13. The molecule has 1 fully saturated rings. The SMILES string of the molecule is Cc1noc(C)c1C(=O)N(C)C[C@H]1OCC[C@H]1c1ncn[nH]1. The fraction of sp³-hybridized carbons (Fsp3) is 0.571. The Hall–Kier alpha value is -2.22. The second kappa shape index (κ2) is 5.88. The minimum absolute atomic E-state index is 0.0950. The molecule has 0 spiro atoms. The number of nitrogens with zero attached hydrogens (tertiary/aromatic N) is 4. The van der Waals surface area contributed by atoms with E-state index in [4.69, 9.17) is 9.26 Å². The molecular formula is C14H19N5O3. The van der Waals surface area contributed by atoms with Crippen LogP contribution in [0.5, 0.6) is 0 Å². The molecule has 1 amide bonds. The maximum Gasteiger partial charge on any atom is 0.259 e. The van der Waals surface area contributed by atoms with E-state index in [0.717, 1.165) is 12.2 Å². The van der Waals surface area contributed by atoms with Crippen LogP contribution in [0, 0.1) is 13.8 Å². The van der Waals surface area contributed by atoms with Gasteiger partial charge >= 0.3 is 0 Å². The Morgan fingerprint density at radius 2 is 2.32 bits per heavy atom. The molecule has 22 heavy (non-hydrogen) atoms. The number of nitrogens with one attached hydrogen (secondary N) is 1. The molecule has 118 valence electrons. The fourth-order valence-electron chi connectivity index (χ4n) is 2.87. The van der Waals surface area contributed by atoms with Gasteiger partial charge in [-0.3, -0.25) is 9.89 Å². The first-order valence-electron chi connectivity index (χ1n) is 7.23. The van der Waals surface area contributed by atoms with Crippen LogP contribution < -0.4 is 0 Å². The predicted molar refractivity (Wildman–Crippen MR) is 76.4 cm³/mol. The van der Waals surface area contributed by atoms with Crippen LogP contribution in [-0.2, 0) is 4.74 Å². The van der Waals surface area contributed by atoms with Gasteiger partial charge in [-0.05, 0) is 20.3 Å². The van der Waals surface area contributed by atoms with Crippen molar-refractivity contribution in [2.45, 2.75) is 32.3 Å². The lowest BCUT2D eigenvalue weighted by atomic mass is 10.00. The van der Waals surface area contributed by atoms with E-state index in [1.807, 2.05) is 0 Å². The Bertz CT molecular complexity index is 632. The van der Waals surface area contributed by atoms with Gasteiger partial charge in [0.2, 0.25) is 0 Å². The number of aromatic amines is 1. The van der Waals surface area contributed by atoms with E-state index >= 15 is 0 Å². The van der Waals surface area contributed by atoms with Crippen molar-refractivity contribution in [2.75, 3.05) is 20.2 Å². The Morgan fingerprint density at radius 3 is 2.95 bits per heavy atom. The lowest BCUT2D eigenvalue weighted by molar-refractivity contribution is 0.0548. The maximum atomic E-state index is 12.6. The van der Waals surface area contributed by atoms with Gasteiger partial charge in [-0.2, -0.15) is 5.10 Å². The number of hydrogen-bond acceptors (Lipinski definition) is 6. The van der Waals surface area contributed by atoms with Crippen LogP contribution in [0.25, 0.3) is 0 Å². The number of hydrogen-bond donors (Lipinski definition) is 1. The number of aromatic nitrogens is 4. The summed E-state index contributed by atoms with van der Waals surface area (Å²) in [7, 11) is 1.76. The zero-order valence-corrected chi connectivity index (χ0v) is 12.9. The molecular weight excluding hydrogens is 286 g/mol. The molecule has 2 aromatic rings. The maximum absolute atomic E-state index is 12.6. The zero-order chi connectivity index (χ0) is 15.7. The van der Waals surface area contributed by atoms with Crippen molar-refractivity contribution in [3.63, 3.8) is 0 Å². The first-order chi connectivity index (χ1) is 10.6. The first kappa shape index (κ1) is 14.7. The van der Waals surface area contributed by atoms with Crippen LogP contribution in [0.4, 0.5) is 0 Å². The van der Waals surface area contributed by atoms with E-state index in [0.29, 0.717) is 30.2 Å². The monoisotopic (exact) mass is 305 g/mol. The van der Waals surface area contributed by atoms with Crippen LogP contribution in [-0.4, -0.2) is 57.4 Å². The molecule has 2 aromatic heterocycles. The van der Waals surface area contributed by atoms with Crippen molar-refractivity contribution in [3.05, 3.63) is 29.2 Å². The van der Waals surface area contributed by atoms with Crippen molar-refractivity contribution in [3.8, 4) is 0 Å². The van der Waals surface area contributed by atoms with E-state index in [1.165, 1.54) is 6.33 Å². The standard InChI is InChI=1S/C14H19N5O3/c1-8-12(9(2)22-18-8)14(20)19(3)6-11-10(4-5-21-11)13-15-7-16-17-13/h7,10-11H,4-6H2,1-3H3,(H,15,16,17)/t10-,11-/m1/s1. The quantitative estimate of drug-likeness (QED) is 0.907. The summed E-state index contributed by atoms with van der Waals surface area (Å²) in [4.78, 5) is 18.4. The molecule has 1 aliphatic rings. The van der Waals surface area contributed by atoms with Gasteiger partial charge in [0, 0.05) is 26.1 Å². The summed E-state index contributed by atoms with van der Waals surface area (Å²) in [6, 6.07) is 0. The number of aryl methyl sites for hydroxylation is 2. The van der Waals surface area contributed by atoms with E-state index in [-0.39, 0.29) is 17.9 Å². The third-order valence-corrected chi connectivity index (χ3v) is 4.04. The van der Waals surface area contributed by atoms with Gasteiger partial charge in [-0.1, -0.05) is 5.16 Å². The van der Waals surface area contributed by atoms with Crippen LogP contribution in [0.2, 0.25) is 0 Å². The molecule has 0 bridgehead atoms. The van der Waals surface area contributed by atoms with Crippen molar-refractivity contribution in [1.82, 2.24) is 25.2 Å². The Morgan fingerprint density at radius 1 is 1.50 bits per heavy atom. The molecule has 0 aliphatic carbocycles. The first-order valence-corrected chi connectivity index (χ1v) is 7.23. The third kappa shape index (κ3) is 2.61. The lowest BCUT2D eigenvalue weighted by Gasteiger charge is -2.23. The summed E-state index contributed by atoms with van der Waals surface area (Å²) in [6.07, 6.45) is 2.26. The van der Waals surface area contributed by atoms with Crippen LogP contribution >= 0.6 is 0 Å². The van der Waals surface area contributed by atoms with Crippen molar-refractivity contribution in [1.29, 1.82) is 0 Å². The molecule has 3 rings (SSSR count). The van der Waals surface area contributed by atoms with Crippen LogP contribution in [0.3, 0.4) is 0 Å². The van der Waals surface area contributed by atoms with Gasteiger partial charge in [0.25, 0.3) is 5.91 Å². The molecule has 0 radical (unpaired) electrons. The van der Waals surface area contributed by atoms with E-state index in [9.17, 15) is 4.79 Å². The zero-order valence-electron chi connectivity index (χ0n) is 12.9. The average molecular weight is 305 g/mol. The molecule has 1 aliphatic heterocycles. The highest BCUT2D eigenvalue weighted by Crippen LogP contribution is 2.29. The molecule has 0 saturated carbocycles. The molecule has 8 heteroatoms. The predicted octanol–water partition coefficient (Wildman–Crippen LogP) is 1.05. The third-order valence-electron chi connectivity index (χ3n) is 4.04. The number of H-pyrrole nitrogens is 1. The Kier molecular flexibility index (Phi) is 3.93. The normalized spacial score (nSPS) is 21.2. The molecule has 1 saturated heterocycles. The number of likely N-dealkylation sites (N-methyl/N-ethyl adjacent to an activating group) is 1. The molecule has 2 atom stereocenters. The smallest absolute Gasteiger partial charge is 0.259 e. The lowest BCUT2D eigenvalue weighted by Crippen LogP contribution is -2.36. The van der Waals surface area contributed by atoms with Crippen molar-refractivity contribution >= 4 is 5.91 Å². The minimum atomic E-state index is -0.108. The van der Waals surface area contributed by atoms with Gasteiger partial charge < -0.3 is 14.2 Å². The van der Waals surface area contributed by atoms with Crippen molar-refractivity contribution < 1.29 is 14.1 Å². The van der Waals surface area contributed by atoms with Gasteiger partial charge in [0.05, 0.1) is 11.8 Å². The highest BCUT2D eigenvalue weighted by molar-refractivity contribution is 5.95. The highest BCUT2D eigenvalue weighted by Gasteiger charge is 2.34. The minimum Gasteiger partial charge on any atom is -0.376 e. The summed E-state index contributed by atoms with van der Waals surface area (Å²) in [5, 5.41) is 10.6. The number of ether oxygens (including phenoxy) is 1. The second-order valence-corrected chi connectivity index (χ2v) is 5.56. The molecule has 3 heterocycles. The van der Waals surface area contributed by atoms with Gasteiger partial charge in [-0.25, -0.2) is 4.98 Å². The van der Waals surface area contributed by atoms with Crippen LogP contribution in [0.15, 0.2) is 10.9 Å². The fourth-order valence-corrected chi connectivity index (χ4v) is 2.87. The number of rotatable bonds is 4. The van der Waals surface area contributed by atoms with Crippen LogP contribution in [0.1, 0.15) is 40.0 Å². The Balaban J connectivity index is 1.71. The van der Waals surface area contributed by atoms with Crippen molar-refractivity contribution in [2.24, 2.45) is 0 Å². The molecule has 8 nitrogen and oxygen atoms in total. The number of carbonyl (C=O) groups is 1. The average Bonchev–Trinajstić information content (AvgIpc) is 3.20. The van der Waals surface area contributed by atoms with Gasteiger partial charge in [-0.15, -0.1) is 0 Å². The molecule has 0 unspecified atom stereocenters. The summed E-state index contributed by atoms with van der Waals surface area (Å²) in [6.45, 7) is 4.64. The molecule has 1 N–H and O–H groups in total. The summed E-state index contributed by atoms with van der Waals surface area (Å²) >= 11 is 0. The van der Waals surface area contributed by atoms with Gasteiger partial charge in [0.15, 0.2) is 0 Å². The summed E-state index contributed by atoms with van der Waals surface area (Å²) < 4.78 is 10.8. The second-order valence-electron chi connectivity index (χ2n) is 5.56. The van der Waals surface area contributed by atoms with E-state index < -0.39 is 0 Å². The van der Waals surface area contributed by atoms with E-state index in [2.05, 4.69) is 20.3 Å². The number of carbonyl (C=O) groups excluding carboxylic acids is 1.